The van der Waals surface area contributed by atoms with E-state index in [0.29, 0.717) is 12.8 Å². The predicted octanol–water partition coefficient (Wildman–Crippen LogP) is 1.64. The fourth-order valence-electron chi connectivity index (χ4n) is 1.62. The number of sulfone groups is 1. The third-order valence-electron chi connectivity index (χ3n) is 2.28. The molecule has 0 fully saturated rings. The summed E-state index contributed by atoms with van der Waals surface area (Å²) < 4.78 is 22.3. The molecule has 94 valence electrons. The maximum Gasteiger partial charge on any atom is 0.303 e. The first-order valence-electron chi connectivity index (χ1n) is 5.34. The second-order valence-corrected chi connectivity index (χ2v) is 6.28. The topological polar surface area (TPSA) is 71.4 Å². The van der Waals surface area contributed by atoms with Crippen LogP contribution in [0.4, 0.5) is 0 Å². The number of carboxylic acids is 1. The Bertz CT molecular complexity index is 491. The van der Waals surface area contributed by atoms with Gasteiger partial charge in [-0.3, -0.25) is 4.79 Å². The SMILES string of the molecule is CS(=O)(=O)Cc1cccc(CCCC(=O)O)c1. The Hall–Kier alpha value is -1.36. The molecule has 0 aliphatic heterocycles. The summed E-state index contributed by atoms with van der Waals surface area (Å²) in [6.07, 6.45) is 2.56. The van der Waals surface area contributed by atoms with E-state index in [2.05, 4.69) is 0 Å². The van der Waals surface area contributed by atoms with Crippen LogP contribution >= 0.6 is 0 Å². The average molecular weight is 256 g/mol. The lowest BCUT2D eigenvalue weighted by molar-refractivity contribution is -0.137. The van der Waals surface area contributed by atoms with E-state index < -0.39 is 15.8 Å². The van der Waals surface area contributed by atoms with Gasteiger partial charge in [-0.25, -0.2) is 8.42 Å². The molecule has 17 heavy (non-hydrogen) atoms. The molecule has 0 unspecified atom stereocenters. The zero-order chi connectivity index (χ0) is 12.9. The van der Waals surface area contributed by atoms with Gasteiger partial charge in [-0.05, 0) is 24.0 Å². The summed E-state index contributed by atoms with van der Waals surface area (Å²) >= 11 is 0. The standard InChI is InChI=1S/C12H16O4S/c1-17(15,16)9-11-6-2-4-10(8-11)5-3-7-12(13)14/h2,4,6,8H,3,5,7,9H2,1H3,(H,13,14). The van der Waals surface area contributed by atoms with Gasteiger partial charge in [0, 0.05) is 12.7 Å². The van der Waals surface area contributed by atoms with Gasteiger partial charge < -0.3 is 5.11 Å². The van der Waals surface area contributed by atoms with Crippen LogP contribution < -0.4 is 0 Å². The maximum absolute atomic E-state index is 11.1. The molecule has 0 saturated carbocycles. The van der Waals surface area contributed by atoms with Crippen molar-refractivity contribution < 1.29 is 18.3 Å². The molecule has 5 heteroatoms. The second kappa shape index (κ2) is 5.82. The Kier molecular flexibility index (Phi) is 4.69. The van der Waals surface area contributed by atoms with E-state index >= 15 is 0 Å². The molecule has 1 aromatic rings. The highest BCUT2D eigenvalue weighted by Crippen LogP contribution is 2.11. The minimum absolute atomic E-state index is 0.0276. The number of hydrogen-bond donors (Lipinski definition) is 1. The van der Waals surface area contributed by atoms with E-state index in [1.807, 2.05) is 12.1 Å². The molecule has 0 heterocycles. The fourth-order valence-corrected chi connectivity index (χ4v) is 2.41. The van der Waals surface area contributed by atoms with Gasteiger partial charge in [0.2, 0.25) is 0 Å². The summed E-state index contributed by atoms with van der Waals surface area (Å²) in [7, 11) is -3.02. The van der Waals surface area contributed by atoms with Gasteiger partial charge in [0.25, 0.3) is 0 Å². The van der Waals surface area contributed by atoms with Gasteiger partial charge in [0.15, 0.2) is 9.84 Å². The lowest BCUT2D eigenvalue weighted by Crippen LogP contribution is -2.01. The highest BCUT2D eigenvalue weighted by atomic mass is 32.2. The van der Waals surface area contributed by atoms with E-state index in [1.54, 1.807) is 12.1 Å². The van der Waals surface area contributed by atoms with E-state index in [1.165, 1.54) is 6.26 Å². The molecule has 0 spiro atoms. The molecule has 1 N–H and O–H groups in total. The third kappa shape index (κ3) is 6.06. The van der Waals surface area contributed by atoms with Crippen molar-refractivity contribution in [2.24, 2.45) is 0 Å². The smallest absolute Gasteiger partial charge is 0.303 e. The Morgan fingerprint density at radius 3 is 2.53 bits per heavy atom. The van der Waals surface area contributed by atoms with Gasteiger partial charge in [0.1, 0.15) is 0 Å². The fraction of sp³-hybridized carbons (Fsp3) is 0.417. The number of rotatable bonds is 6. The molecular formula is C12H16O4S. The molecule has 4 nitrogen and oxygen atoms in total. The van der Waals surface area contributed by atoms with Crippen molar-refractivity contribution in [3.8, 4) is 0 Å². The van der Waals surface area contributed by atoms with Crippen molar-refractivity contribution in [3.05, 3.63) is 35.4 Å². The second-order valence-electron chi connectivity index (χ2n) is 4.14. The molecule has 0 saturated heterocycles. The monoisotopic (exact) mass is 256 g/mol. The molecule has 0 aliphatic carbocycles. The van der Waals surface area contributed by atoms with Gasteiger partial charge >= 0.3 is 5.97 Å². The largest absolute Gasteiger partial charge is 0.481 e. The van der Waals surface area contributed by atoms with Gasteiger partial charge in [-0.15, -0.1) is 0 Å². The Morgan fingerprint density at radius 1 is 1.29 bits per heavy atom. The summed E-state index contributed by atoms with van der Waals surface area (Å²) in [5.74, 6) is -0.781. The highest BCUT2D eigenvalue weighted by molar-refractivity contribution is 7.89. The third-order valence-corrected chi connectivity index (χ3v) is 3.13. The molecule has 1 aromatic carbocycles. The first-order chi connectivity index (χ1) is 7.87. The summed E-state index contributed by atoms with van der Waals surface area (Å²) in [6.45, 7) is 0. The number of hydrogen-bond acceptors (Lipinski definition) is 3. The first-order valence-corrected chi connectivity index (χ1v) is 7.40. The summed E-state index contributed by atoms with van der Waals surface area (Å²) in [4.78, 5) is 10.4. The van der Waals surface area contributed by atoms with E-state index in [4.69, 9.17) is 5.11 Å². The van der Waals surface area contributed by atoms with Crippen molar-refractivity contribution in [2.75, 3.05) is 6.26 Å². The number of carboxylic acid groups (broad SMARTS) is 1. The maximum atomic E-state index is 11.1. The van der Waals surface area contributed by atoms with E-state index in [-0.39, 0.29) is 12.2 Å². The van der Waals surface area contributed by atoms with Crippen molar-refractivity contribution in [1.82, 2.24) is 0 Å². The van der Waals surface area contributed by atoms with Crippen LogP contribution in [0.3, 0.4) is 0 Å². The average Bonchev–Trinajstić information content (AvgIpc) is 2.14. The zero-order valence-corrected chi connectivity index (χ0v) is 10.5. The molecule has 0 bridgehead atoms. The molecule has 0 aliphatic rings. The molecule has 0 aromatic heterocycles. The number of aliphatic carboxylic acids is 1. The first kappa shape index (κ1) is 13.7. The molecule has 1 rings (SSSR count). The molecular weight excluding hydrogens is 240 g/mol. The summed E-state index contributed by atoms with van der Waals surface area (Å²) in [5.41, 5.74) is 1.73. The van der Waals surface area contributed by atoms with Crippen LogP contribution in [0.2, 0.25) is 0 Å². The minimum Gasteiger partial charge on any atom is -0.481 e. The molecule has 0 atom stereocenters. The Labute approximate surface area is 101 Å². The Balaban J connectivity index is 2.63. The van der Waals surface area contributed by atoms with Crippen molar-refractivity contribution >= 4 is 15.8 Å². The lowest BCUT2D eigenvalue weighted by Gasteiger charge is -2.03. The number of aryl methyl sites for hydroxylation is 1. The number of carbonyl (C=O) groups is 1. The van der Waals surface area contributed by atoms with Crippen LogP contribution in [0.15, 0.2) is 24.3 Å². The van der Waals surface area contributed by atoms with Crippen molar-refractivity contribution in [3.63, 3.8) is 0 Å². The van der Waals surface area contributed by atoms with Crippen LogP contribution in [-0.4, -0.2) is 25.7 Å². The van der Waals surface area contributed by atoms with Crippen LogP contribution in [-0.2, 0) is 26.8 Å². The summed E-state index contributed by atoms with van der Waals surface area (Å²) in [6, 6.07) is 7.27. The Morgan fingerprint density at radius 2 is 1.94 bits per heavy atom. The van der Waals surface area contributed by atoms with E-state index in [9.17, 15) is 13.2 Å². The van der Waals surface area contributed by atoms with E-state index in [0.717, 1.165) is 11.1 Å². The lowest BCUT2D eigenvalue weighted by atomic mass is 10.1. The van der Waals surface area contributed by atoms with Crippen LogP contribution in [0, 0.1) is 0 Å². The van der Waals surface area contributed by atoms with Crippen LogP contribution in [0.25, 0.3) is 0 Å². The predicted molar refractivity (Wildman–Crippen MR) is 65.6 cm³/mol. The van der Waals surface area contributed by atoms with Crippen LogP contribution in [0.1, 0.15) is 24.0 Å². The summed E-state index contributed by atoms with van der Waals surface area (Å²) in [5, 5.41) is 8.52. The minimum atomic E-state index is -3.02. The highest BCUT2D eigenvalue weighted by Gasteiger charge is 2.05. The van der Waals surface area contributed by atoms with Gasteiger partial charge in [-0.1, -0.05) is 24.3 Å². The van der Waals surface area contributed by atoms with Crippen molar-refractivity contribution in [1.29, 1.82) is 0 Å². The molecule has 0 radical (unpaired) electrons. The van der Waals surface area contributed by atoms with Crippen molar-refractivity contribution in [2.45, 2.75) is 25.0 Å². The van der Waals surface area contributed by atoms with Gasteiger partial charge in [0.05, 0.1) is 5.75 Å². The van der Waals surface area contributed by atoms with Gasteiger partial charge in [-0.2, -0.15) is 0 Å². The molecule has 0 amide bonds. The zero-order valence-electron chi connectivity index (χ0n) is 9.72. The quantitative estimate of drug-likeness (QED) is 0.839. The normalized spacial score (nSPS) is 11.4. The van der Waals surface area contributed by atoms with Crippen LogP contribution in [0.5, 0.6) is 0 Å². The number of benzene rings is 1.